The van der Waals surface area contributed by atoms with E-state index in [1.807, 2.05) is 18.4 Å². The van der Waals surface area contributed by atoms with E-state index in [4.69, 9.17) is 0 Å². The van der Waals surface area contributed by atoms with Gasteiger partial charge in [-0.2, -0.15) is 0 Å². The average Bonchev–Trinajstić information content (AvgIpc) is 1.79. The van der Waals surface area contributed by atoms with E-state index in [2.05, 4.69) is 17.6 Å². The average molecular weight is 119 g/mol. The Morgan fingerprint density at radius 2 is 2.56 bits per heavy atom. The molecule has 1 aliphatic rings. The molecule has 1 heterocycles. The standard InChI is InChI=1S/C8H9N/c1-8-5-3-2-4-6-9-7-8/h3-4,6-7H,5H2,1H3/b8-7-,9-6?. The summed E-state index contributed by atoms with van der Waals surface area (Å²) in [6.07, 6.45) is 8.38. The monoisotopic (exact) mass is 119 g/mol. The van der Waals surface area contributed by atoms with Crippen LogP contribution in [-0.4, -0.2) is 6.21 Å². The first-order valence-corrected chi connectivity index (χ1v) is 2.98. The van der Waals surface area contributed by atoms with Crippen molar-refractivity contribution >= 4 is 6.21 Å². The molecule has 0 amide bonds. The van der Waals surface area contributed by atoms with Crippen molar-refractivity contribution in [1.82, 2.24) is 0 Å². The first-order chi connectivity index (χ1) is 4.39. The molecule has 0 spiro atoms. The van der Waals surface area contributed by atoms with Gasteiger partial charge in [0.1, 0.15) is 0 Å². The predicted octanol–water partition coefficient (Wildman–Crippen LogP) is 2.08. The first kappa shape index (κ1) is 6.06. The molecule has 0 unspecified atom stereocenters. The summed E-state index contributed by atoms with van der Waals surface area (Å²) >= 11 is 0. The van der Waals surface area contributed by atoms with Crippen LogP contribution in [0.4, 0.5) is 0 Å². The van der Waals surface area contributed by atoms with Crippen LogP contribution in [0, 0.1) is 0 Å². The van der Waals surface area contributed by atoms with Crippen LogP contribution in [0.15, 0.2) is 34.6 Å². The summed E-state index contributed by atoms with van der Waals surface area (Å²) in [6, 6.07) is 0. The molecule has 1 heteroatoms. The summed E-state index contributed by atoms with van der Waals surface area (Å²) in [5.74, 6) is 0. The van der Waals surface area contributed by atoms with Crippen molar-refractivity contribution in [3.8, 4) is 0 Å². The van der Waals surface area contributed by atoms with E-state index in [1.165, 1.54) is 5.57 Å². The second-order valence-corrected chi connectivity index (χ2v) is 2.02. The minimum atomic E-state index is 0.966. The third-order valence-corrected chi connectivity index (χ3v) is 1.09. The Kier molecular flexibility index (Phi) is 2.06. The Hall–Kier alpha value is -1.07. The van der Waals surface area contributed by atoms with Gasteiger partial charge in [0, 0.05) is 12.4 Å². The van der Waals surface area contributed by atoms with Crippen LogP contribution in [0.3, 0.4) is 0 Å². The summed E-state index contributed by atoms with van der Waals surface area (Å²) in [6.45, 7) is 2.06. The quantitative estimate of drug-likeness (QED) is 0.433. The summed E-state index contributed by atoms with van der Waals surface area (Å²) in [4.78, 5) is 3.99. The molecule has 0 aromatic carbocycles. The van der Waals surface area contributed by atoms with E-state index in [1.54, 1.807) is 6.21 Å². The second-order valence-electron chi connectivity index (χ2n) is 2.02. The van der Waals surface area contributed by atoms with E-state index >= 15 is 0 Å². The maximum absolute atomic E-state index is 3.99. The molecule has 0 fully saturated rings. The van der Waals surface area contributed by atoms with Gasteiger partial charge in [0.15, 0.2) is 0 Å². The van der Waals surface area contributed by atoms with E-state index in [0.29, 0.717) is 0 Å². The molecular weight excluding hydrogens is 110 g/mol. The highest BCUT2D eigenvalue weighted by molar-refractivity contribution is 5.71. The maximum Gasteiger partial charge on any atom is 0.0344 e. The Morgan fingerprint density at radius 3 is 3.44 bits per heavy atom. The maximum atomic E-state index is 3.99. The Balaban J connectivity index is 2.77. The fourth-order valence-corrected chi connectivity index (χ4v) is 0.597. The van der Waals surface area contributed by atoms with Gasteiger partial charge in [-0.15, -0.1) is 5.73 Å². The summed E-state index contributed by atoms with van der Waals surface area (Å²) in [5, 5.41) is 0. The Bertz CT molecular complexity index is 203. The molecular formula is C8H9N. The molecule has 0 aliphatic carbocycles. The van der Waals surface area contributed by atoms with Crippen LogP contribution in [0.25, 0.3) is 0 Å². The van der Waals surface area contributed by atoms with Crippen molar-refractivity contribution in [3.63, 3.8) is 0 Å². The fourth-order valence-electron chi connectivity index (χ4n) is 0.597. The number of aliphatic imine (C=N–C) groups is 1. The highest BCUT2D eigenvalue weighted by Gasteiger charge is 1.82. The van der Waals surface area contributed by atoms with Crippen LogP contribution in [0.2, 0.25) is 0 Å². The zero-order valence-electron chi connectivity index (χ0n) is 5.46. The SMILES string of the molecule is C/C1=C/N=CC=C=CC1. The highest BCUT2D eigenvalue weighted by Crippen LogP contribution is 2.00. The van der Waals surface area contributed by atoms with Gasteiger partial charge in [-0.05, 0) is 25.5 Å². The van der Waals surface area contributed by atoms with Crippen molar-refractivity contribution in [1.29, 1.82) is 0 Å². The van der Waals surface area contributed by atoms with Gasteiger partial charge in [-0.3, -0.25) is 4.99 Å². The van der Waals surface area contributed by atoms with Crippen LogP contribution in [0.5, 0.6) is 0 Å². The third kappa shape index (κ3) is 2.11. The predicted molar refractivity (Wildman–Crippen MR) is 39.5 cm³/mol. The highest BCUT2D eigenvalue weighted by atomic mass is 14.7. The van der Waals surface area contributed by atoms with Crippen LogP contribution in [-0.2, 0) is 0 Å². The fraction of sp³-hybridized carbons (Fsp3) is 0.250. The second kappa shape index (κ2) is 3.06. The van der Waals surface area contributed by atoms with E-state index in [0.717, 1.165) is 6.42 Å². The summed E-state index contributed by atoms with van der Waals surface area (Å²) < 4.78 is 0. The molecule has 0 bridgehead atoms. The summed E-state index contributed by atoms with van der Waals surface area (Å²) in [7, 11) is 0. The van der Waals surface area contributed by atoms with Crippen LogP contribution in [0.1, 0.15) is 13.3 Å². The Morgan fingerprint density at radius 1 is 1.67 bits per heavy atom. The number of hydrogen-bond donors (Lipinski definition) is 0. The van der Waals surface area contributed by atoms with E-state index in [9.17, 15) is 0 Å². The Labute approximate surface area is 55.1 Å². The smallest absolute Gasteiger partial charge is 0.0344 e. The van der Waals surface area contributed by atoms with E-state index < -0.39 is 0 Å². The molecule has 0 N–H and O–H groups in total. The number of nitrogens with zero attached hydrogens (tertiary/aromatic N) is 1. The summed E-state index contributed by atoms with van der Waals surface area (Å²) in [5.41, 5.74) is 4.25. The van der Waals surface area contributed by atoms with Crippen molar-refractivity contribution in [2.24, 2.45) is 4.99 Å². The molecule has 0 saturated heterocycles. The lowest BCUT2D eigenvalue weighted by Gasteiger charge is -1.90. The topological polar surface area (TPSA) is 12.4 Å². The minimum absolute atomic E-state index is 0.966. The normalized spacial score (nSPS) is 22.6. The number of rotatable bonds is 0. The van der Waals surface area contributed by atoms with Gasteiger partial charge in [-0.25, -0.2) is 0 Å². The molecule has 0 aromatic heterocycles. The molecule has 0 aromatic rings. The first-order valence-electron chi connectivity index (χ1n) is 2.98. The van der Waals surface area contributed by atoms with Crippen LogP contribution >= 0.6 is 0 Å². The van der Waals surface area contributed by atoms with Gasteiger partial charge in [0.25, 0.3) is 0 Å². The van der Waals surface area contributed by atoms with Gasteiger partial charge in [-0.1, -0.05) is 5.57 Å². The number of allylic oxidation sites excluding steroid dienone is 2. The van der Waals surface area contributed by atoms with Crippen LogP contribution < -0.4 is 0 Å². The van der Waals surface area contributed by atoms with Gasteiger partial charge in [0.05, 0.1) is 0 Å². The molecule has 46 valence electrons. The molecule has 0 saturated carbocycles. The van der Waals surface area contributed by atoms with Crippen molar-refractivity contribution < 1.29 is 0 Å². The molecule has 1 rings (SSSR count). The zero-order valence-corrected chi connectivity index (χ0v) is 5.46. The van der Waals surface area contributed by atoms with Gasteiger partial charge < -0.3 is 0 Å². The lowest BCUT2D eigenvalue weighted by atomic mass is 10.2. The van der Waals surface area contributed by atoms with E-state index in [-0.39, 0.29) is 0 Å². The van der Waals surface area contributed by atoms with Gasteiger partial charge >= 0.3 is 0 Å². The van der Waals surface area contributed by atoms with Crippen molar-refractivity contribution in [2.75, 3.05) is 0 Å². The largest absolute Gasteiger partial charge is 0.264 e. The third-order valence-electron chi connectivity index (χ3n) is 1.09. The lowest BCUT2D eigenvalue weighted by Crippen LogP contribution is -1.73. The molecule has 0 radical (unpaired) electrons. The molecule has 1 nitrogen and oxygen atoms in total. The molecule has 0 atom stereocenters. The number of hydrogen-bond acceptors (Lipinski definition) is 1. The van der Waals surface area contributed by atoms with Crippen molar-refractivity contribution in [3.05, 3.63) is 29.7 Å². The lowest BCUT2D eigenvalue weighted by molar-refractivity contribution is 1.19. The minimum Gasteiger partial charge on any atom is -0.264 e. The van der Waals surface area contributed by atoms with Crippen molar-refractivity contribution in [2.45, 2.75) is 13.3 Å². The van der Waals surface area contributed by atoms with Gasteiger partial charge in [0.2, 0.25) is 0 Å². The molecule has 9 heavy (non-hydrogen) atoms. The zero-order chi connectivity index (χ0) is 6.53. The molecule has 1 aliphatic heterocycles.